The largest absolute Gasteiger partial charge is 0.495 e. The van der Waals surface area contributed by atoms with E-state index in [9.17, 15) is 18.0 Å². The molecule has 184 valence electrons. The number of benzene rings is 2. The molecule has 11 heteroatoms. The van der Waals surface area contributed by atoms with E-state index in [1.54, 1.807) is 24.0 Å². The van der Waals surface area contributed by atoms with E-state index in [-0.39, 0.29) is 34.3 Å². The van der Waals surface area contributed by atoms with Gasteiger partial charge < -0.3 is 19.1 Å². The summed E-state index contributed by atoms with van der Waals surface area (Å²) in [5, 5.41) is 0.279. The number of nitrogens with one attached hydrogen (secondary N) is 1. The number of sulfonamides is 1. The number of likely N-dealkylation sites (tertiary alicyclic amines) is 1. The number of ether oxygens (including phenoxy) is 3. The average Bonchev–Trinajstić information content (AvgIpc) is 2.83. The third-order valence-corrected chi connectivity index (χ3v) is 7.06. The summed E-state index contributed by atoms with van der Waals surface area (Å²) in [6.45, 7) is 2.85. The zero-order valence-corrected chi connectivity index (χ0v) is 20.5. The Hall–Kier alpha value is -2.98. The summed E-state index contributed by atoms with van der Waals surface area (Å²) in [5.74, 6) is 0.203. The molecule has 2 aromatic rings. The van der Waals surface area contributed by atoms with Crippen molar-refractivity contribution >= 4 is 39.2 Å². The number of nitrogens with zero attached hydrogens (tertiary/aromatic N) is 1. The van der Waals surface area contributed by atoms with Gasteiger partial charge in [-0.15, -0.1) is 0 Å². The van der Waals surface area contributed by atoms with Crippen LogP contribution in [0.3, 0.4) is 0 Å². The van der Waals surface area contributed by atoms with Crippen molar-refractivity contribution in [3.05, 3.63) is 47.5 Å². The third kappa shape index (κ3) is 6.54. The molecule has 2 aromatic carbocycles. The highest BCUT2D eigenvalue weighted by Crippen LogP contribution is 2.28. The van der Waals surface area contributed by atoms with Crippen molar-refractivity contribution < 1.29 is 32.2 Å². The van der Waals surface area contributed by atoms with Gasteiger partial charge in [-0.1, -0.05) is 11.6 Å². The molecule has 0 atom stereocenters. The molecule has 9 nitrogen and oxygen atoms in total. The Morgan fingerprint density at radius 3 is 2.38 bits per heavy atom. The fourth-order valence-corrected chi connectivity index (χ4v) is 4.83. The van der Waals surface area contributed by atoms with Crippen molar-refractivity contribution in [2.75, 3.05) is 38.1 Å². The molecule has 1 amide bonds. The second kappa shape index (κ2) is 11.4. The maximum absolute atomic E-state index is 12.6. The number of halogens is 1. The zero-order valence-electron chi connectivity index (χ0n) is 19.0. The van der Waals surface area contributed by atoms with Gasteiger partial charge in [0.1, 0.15) is 11.5 Å². The summed E-state index contributed by atoms with van der Waals surface area (Å²) in [6.07, 6.45) is 1.12. The van der Waals surface area contributed by atoms with Gasteiger partial charge in [0.2, 0.25) is 0 Å². The van der Waals surface area contributed by atoms with Crippen LogP contribution in [-0.2, 0) is 24.3 Å². The molecule has 1 fully saturated rings. The number of esters is 1. The molecular formula is C23H27ClN2O7S. The van der Waals surface area contributed by atoms with Crippen LogP contribution in [0.1, 0.15) is 19.8 Å². The van der Waals surface area contributed by atoms with Crippen LogP contribution in [0.25, 0.3) is 0 Å². The first-order chi connectivity index (χ1) is 16.2. The number of carbonyl (C=O) groups is 2. The fourth-order valence-electron chi connectivity index (χ4n) is 3.52. The molecule has 0 spiro atoms. The average molecular weight is 511 g/mol. The lowest BCUT2D eigenvalue weighted by Crippen LogP contribution is -2.42. The molecule has 0 aromatic heterocycles. The molecule has 0 saturated carbocycles. The Kier molecular flexibility index (Phi) is 8.62. The van der Waals surface area contributed by atoms with Gasteiger partial charge in [-0.05, 0) is 62.2 Å². The Morgan fingerprint density at radius 1 is 1.12 bits per heavy atom. The van der Waals surface area contributed by atoms with E-state index >= 15 is 0 Å². The van der Waals surface area contributed by atoms with E-state index in [0.717, 1.165) is 0 Å². The first-order valence-electron chi connectivity index (χ1n) is 10.8. The Morgan fingerprint density at radius 2 is 1.79 bits per heavy atom. The monoisotopic (exact) mass is 510 g/mol. The molecule has 3 rings (SSSR count). The summed E-state index contributed by atoms with van der Waals surface area (Å²) in [5.41, 5.74) is 0.295. The maximum Gasteiger partial charge on any atom is 0.309 e. The molecular weight excluding hydrogens is 484 g/mol. The van der Waals surface area contributed by atoms with Gasteiger partial charge in [0, 0.05) is 13.1 Å². The predicted octanol–water partition coefficient (Wildman–Crippen LogP) is 3.33. The van der Waals surface area contributed by atoms with Crippen molar-refractivity contribution in [2.45, 2.75) is 24.7 Å². The van der Waals surface area contributed by atoms with Crippen molar-refractivity contribution in [3.63, 3.8) is 0 Å². The molecule has 0 aliphatic carbocycles. The van der Waals surface area contributed by atoms with Crippen LogP contribution in [0.5, 0.6) is 11.5 Å². The topological polar surface area (TPSA) is 111 Å². The maximum atomic E-state index is 12.6. The molecule has 34 heavy (non-hydrogen) atoms. The smallest absolute Gasteiger partial charge is 0.309 e. The highest BCUT2D eigenvalue weighted by atomic mass is 35.5. The quantitative estimate of drug-likeness (QED) is 0.515. The lowest BCUT2D eigenvalue weighted by molar-refractivity contribution is -0.151. The molecule has 1 aliphatic heterocycles. The summed E-state index contributed by atoms with van der Waals surface area (Å²) >= 11 is 6.05. The van der Waals surface area contributed by atoms with E-state index in [2.05, 4.69) is 4.72 Å². The molecule has 0 radical (unpaired) electrons. The number of hydrogen-bond acceptors (Lipinski definition) is 7. The highest BCUT2D eigenvalue weighted by Gasteiger charge is 2.28. The minimum Gasteiger partial charge on any atom is -0.495 e. The highest BCUT2D eigenvalue weighted by molar-refractivity contribution is 7.92. The zero-order chi connectivity index (χ0) is 24.7. The summed E-state index contributed by atoms with van der Waals surface area (Å²) in [4.78, 5) is 25.9. The van der Waals surface area contributed by atoms with Crippen molar-refractivity contribution in [3.8, 4) is 11.5 Å². The van der Waals surface area contributed by atoms with Gasteiger partial charge in [0.05, 0.1) is 35.2 Å². The number of anilines is 1. The lowest BCUT2D eigenvalue weighted by Gasteiger charge is -2.30. The van der Waals surface area contributed by atoms with Gasteiger partial charge >= 0.3 is 5.97 Å². The van der Waals surface area contributed by atoms with E-state index in [0.29, 0.717) is 49.7 Å². The van der Waals surface area contributed by atoms with Crippen molar-refractivity contribution in [1.29, 1.82) is 0 Å². The first-order valence-corrected chi connectivity index (χ1v) is 12.6. The molecule has 1 N–H and O–H groups in total. The fraction of sp³-hybridized carbons (Fsp3) is 0.391. The molecule has 0 unspecified atom stereocenters. The van der Waals surface area contributed by atoms with Crippen LogP contribution in [0.2, 0.25) is 5.02 Å². The van der Waals surface area contributed by atoms with Crippen molar-refractivity contribution in [2.24, 2.45) is 5.92 Å². The third-order valence-electron chi connectivity index (χ3n) is 5.37. The van der Waals surface area contributed by atoms with Crippen LogP contribution in [-0.4, -0.2) is 58.6 Å². The van der Waals surface area contributed by atoms with E-state index in [1.807, 2.05) is 0 Å². The Bertz CT molecular complexity index is 1110. The van der Waals surface area contributed by atoms with Gasteiger partial charge in [0.25, 0.3) is 15.9 Å². The van der Waals surface area contributed by atoms with E-state index in [1.165, 1.54) is 37.4 Å². The number of methoxy groups -OCH3 is 1. The van der Waals surface area contributed by atoms with E-state index in [4.69, 9.17) is 25.8 Å². The van der Waals surface area contributed by atoms with Crippen molar-refractivity contribution in [1.82, 2.24) is 4.90 Å². The minimum absolute atomic E-state index is 0.0270. The summed E-state index contributed by atoms with van der Waals surface area (Å²) < 4.78 is 43.4. The van der Waals surface area contributed by atoms with Gasteiger partial charge in [0.15, 0.2) is 6.61 Å². The predicted molar refractivity (Wildman–Crippen MR) is 127 cm³/mol. The van der Waals surface area contributed by atoms with Crippen LogP contribution in [0.4, 0.5) is 5.69 Å². The molecule has 1 aliphatic rings. The van der Waals surface area contributed by atoms with Crippen LogP contribution in [0.15, 0.2) is 47.4 Å². The van der Waals surface area contributed by atoms with Gasteiger partial charge in [-0.3, -0.25) is 14.3 Å². The number of hydrogen-bond donors (Lipinski definition) is 1. The summed E-state index contributed by atoms with van der Waals surface area (Å²) in [7, 11) is -2.38. The minimum atomic E-state index is -3.85. The normalized spacial score (nSPS) is 14.4. The van der Waals surface area contributed by atoms with Crippen LogP contribution in [0, 0.1) is 5.92 Å². The van der Waals surface area contributed by atoms with Gasteiger partial charge in [-0.2, -0.15) is 0 Å². The first kappa shape index (κ1) is 25.6. The number of piperidine rings is 1. The Balaban J connectivity index is 1.52. The second-order valence-corrected chi connectivity index (χ2v) is 9.71. The standard InChI is InChI=1S/C23H27ClN2O7S/c1-3-32-23(28)16-10-12-26(13-11-16)22(27)15-33-18-5-7-19(8-6-18)34(29,30)25-17-4-9-21(31-2)20(24)14-17/h4-9,14,16,25H,3,10-13,15H2,1-2H3. The second-order valence-electron chi connectivity index (χ2n) is 7.62. The summed E-state index contributed by atoms with van der Waals surface area (Å²) in [6, 6.07) is 10.3. The number of carbonyl (C=O) groups excluding carboxylic acids is 2. The molecule has 1 saturated heterocycles. The SMILES string of the molecule is CCOC(=O)C1CCN(C(=O)COc2ccc(S(=O)(=O)Nc3ccc(OC)c(Cl)c3)cc2)CC1. The van der Waals surface area contributed by atoms with Crippen LogP contribution >= 0.6 is 11.6 Å². The van der Waals surface area contributed by atoms with E-state index < -0.39 is 10.0 Å². The van der Waals surface area contributed by atoms with Crippen LogP contribution < -0.4 is 14.2 Å². The number of amides is 1. The molecule has 1 heterocycles. The Labute approximate surface area is 204 Å². The lowest BCUT2D eigenvalue weighted by atomic mass is 9.97. The number of rotatable bonds is 9. The molecule has 0 bridgehead atoms. The van der Waals surface area contributed by atoms with Gasteiger partial charge in [-0.25, -0.2) is 8.42 Å².